The van der Waals surface area contributed by atoms with Crippen molar-refractivity contribution in [2.24, 2.45) is 0 Å². The first-order valence-electron chi connectivity index (χ1n) is 4.55. The molecule has 12 heavy (non-hydrogen) atoms. The summed E-state index contributed by atoms with van der Waals surface area (Å²) in [5.74, 6) is 0. The molecule has 0 bridgehead atoms. The van der Waals surface area contributed by atoms with Crippen LogP contribution in [0, 0.1) is 0 Å². The number of hydrogen-bond donors (Lipinski definition) is 1. The minimum Gasteiger partial charge on any atom is -0.377 e. The van der Waals surface area contributed by atoms with Gasteiger partial charge in [-0.15, -0.1) is 6.58 Å². The zero-order valence-corrected chi connectivity index (χ0v) is 8.68. The van der Waals surface area contributed by atoms with Crippen molar-refractivity contribution >= 4 is 0 Å². The Morgan fingerprint density at radius 2 is 2.17 bits per heavy atom. The lowest BCUT2D eigenvalue weighted by molar-refractivity contribution is -0.0157. The van der Waals surface area contributed by atoms with Crippen molar-refractivity contribution in [3.63, 3.8) is 0 Å². The summed E-state index contributed by atoms with van der Waals surface area (Å²) < 4.78 is 5.46. The zero-order valence-electron chi connectivity index (χ0n) is 8.68. The Hall–Kier alpha value is -0.340. The van der Waals surface area contributed by atoms with Gasteiger partial charge in [0.15, 0.2) is 0 Å². The molecule has 72 valence electrons. The number of methoxy groups -OCH3 is 1. The van der Waals surface area contributed by atoms with Crippen LogP contribution in [-0.2, 0) is 4.74 Å². The predicted octanol–water partition coefficient (Wildman–Crippen LogP) is 1.97. The van der Waals surface area contributed by atoms with Crippen molar-refractivity contribution in [3.05, 3.63) is 12.7 Å². The molecule has 0 amide bonds. The molecule has 2 heteroatoms. The van der Waals surface area contributed by atoms with Gasteiger partial charge in [-0.2, -0.15) is 0 Å². The Morgan fingerprint density at radius 1 is 1.58 bits per heavy atom. The quantitative estimate of drug-likeness (QED) is 0.617. The molecule has 0 aromatic carbocycles. The Bertz CT molecular complexity index is 130. The van der Waals surface area contributed by atoms with Crippen LogP contribution < -0.4 is 5.32 Å². The minimum absolute atomic E-state index is 0.127. The molecule has 2 nitrogen and oxygen atoms in total. The molecule has 0 saturated heterocycles. The summed E-state index contributed by atoms with van der Waals surface area (Å²) in [6.45, 7) is 11.0. The van der Waals surface area contributed by atoms with E-state index in [1.807, 2.05) is 6.08 Å². The van der Waals surface area contributed by atoms with Crippen molar-refractivity contribution in [3.8, 4) is 0 Å². The van der Waals surface area contributed by atoms with Gasteiger partial charge in [-0.05, 0) is 19.9 Å². The second kappa shape index (κ2) is 5.33. The van der Waals surface area contributed by atoms with Crippen LogP contribution in [0.2, 0.25) is 0 Å². The molecule has 0 saturated carbocycles. The van der Waals surface area contributed by atoms with E-state index in [1.165, 1.54) is 0 Å². The van der Waals surface area contributed by atoms with Crippen LogP contribution in [0.15, 0.2) is 12.7 Å². The Morgan fingerprint density at radius 3 is 2.42 bits per heavy atom. The Labute approximate surface area is 76.0 Å². The van der Waals surface area contributed by atoms with Gasteiger partial charge in [0.25, 0.3) is 0 Å². The molecule has 0 aromatic rings. The van der Waals surface area contributed by atoms with E-state index in [9.17, 15) is 0 Å². The molecule has 2 unspecified atom stereocenters. The molecule has 0 fully saturated rings. The van der Waals surface area contributed by atoms with Gasteiger partial charge in [-0.1, -0.05) is 19.9 Å². The highest BCUT2D eigenvalue weighted by Crippen LogP contribution is 2.19. The number of likely N-dealkylation sites (N-methyl/N-ethyl adjacent to an activating group) is 1. The molecule has 0 spiro atoms. The van der Waals surface area contributed by atoms with Crippen molar-refractivity contribution in [2.75, 3.05) is 13.7 Å². The first-order valence-corrected chi connectivity index (χ1v) is 4.55. The van der Waals surface area contributed by atoms with Crippen LogP contribution in [-0.4, -0.2) is 25.3 Å². The molecule has 0 aliphatic heterocycles. The summed E-state index contributed by atoms with van der Waals surface area (Å²) in [7, 11) is 1.75. The van der Waals surface area contributed by atoms with E-state index in [2.05, 4.69) is 32.7 Å². The summed E-state index contributed by atoms with van der Waals surface area (Å²) in [5, 5.41) is 3.33. The van der Waals surface area contributed by atoms with Gasteiger partial charge in [0.2, 0.25) is 0 Å². The molecule has 0 aliphatic carbocycles. The molecular formula is C10H21NO. The lowest BCUT2D eigenvalue weighted by Gasteiger charge is -2.34. The highest BCUT2D eigenvalue weighted by Gasteiger charge is 2.29. The Balaban J connectivity index is 4.31. The van der Waals surface area contributed by atoms with Crippen molar-refractivity contribution in [2.45, 2.75) is 38.8 Å². The molecule has 0 radical (unpaired) electrons. The first kappa shape index (κ1) is 11.7. The van der Waals surface area contributed by atoms with Crippen molar-refractivity contribution < 1.29 is 4.74 Å². The zero-order chi connectivity index (χ0) is 9.61. The largest absolute Gasteiger partial charge is 0.377 e. The molecule has 1 N–H and O–H groups in total. The van der Waals surface area contributed by atoms with E-state index in [-0.39, 0.29) is 11.6 Å². The Kier molecular flexibility index (Phi) is 5.18. The molecule has 0 heterocycles. The average Bonchev–Trinajstić information content (AvgIpc) is 2.13. The van der Waals surface area contributed by atoms with Crippen LogP contribution in [0.4, 0.5) is 0 Å². The normalized spacial score (nSPS) is 18.3. The highest BCUT2D eigenvalue weighted by atomic mass is 16.5. The van der Waals surface area contributed by atoms with Gasteiger partial charge >= 0.3 is 0 Å². The van der Waals surface area contributed by atoms with E-state index >= 15 is 0 Å². The first-order chi connectivity index (χ1) is 5.64. The second-order valence-corrected chi connectivity index (χ2v) is 3.14. The van der Waals surface area contributed by atoms with Crippen LogP contribution in [0.5, 0.6) is 0 Å². The summed E-state index contributed by atoms with van der Waals surface area (Å²) in [4.78, 5) is 0. The van der Waals surface area contributed by atoms with Crippen LogP contribution in [0.1, 0.15) is 27.2 Å². The van der Waals surface area contributed by atoms with E-state index in [1.54, 1.807) is 7.11 Å². The number of nitrogens with one attached hydrogen (secondary N) is 1. The predicted molar refractivity (Wildman–Crippen MR) is 53.4 cm³/mol. The molecule has 0 aromatic heterocycles. The van der Waals surface area contributed by atoms with Gasteiger partial charge in [0, 0.05) is 7.11 Å². The minimum atomic E-state index is -0.127. The maximum Gasteiger partial charge on any atom is 0.0835 e. The maximum absolute atomic E-state index is 5.46. The topological polar surface area (TPSA) is 21.3 Å². The lowest BCUT2D eigenvalue weighted by atomic mass is 9.93. The second-order valence-electron chi connectivity index (χ2n) is 3.14. The van der Waals surface area contributed by atoms with E-state index in [0.717, 1.165) is 13.0 Å². The van der Waals surface area contributed by atoms with Crippen molar-refractivity contribution in [1.82, 2.24) is 5.32 Å². The van der Waals surface area contributed by atoms with Gasteiger partial charge in [-0.3, -0.25) is 0 Å². The van der Waals surface area contributed by atoms with Gasteiger partial charge in [-0.25, -0.2) is 0 Å². The van der Waals surface area contributed by atoms with Gasteiger partial charge in [0.1, 0.15) is 0 Å². The highest BCUT2D eigenvalue weighted by molar-refractivity contribution is 4.99. The lowest BCUT2D eigenvalue weighted by Crippen LogP contribution is -2.48. The fourth-order valence-electron chi connectivity index (χ4n) is 1.26. The summed E-state index contributed by atoms with van der Waals surface area (Å²) in [6.07, 6.45) is 2.89. The molecule has 0 aliphatic rings. The maximum atomic E-state index is 5.46. The number of rotatable bonds is 6. The van der Waals surface area contributed by atoms with Crippen molar-refractivity contribution in [1.29, 1.82) is 0 Å². The monoisotopic (exact) mass is 171 g/mol. The van der Waals surface area contributed by atoms with Crippen LogP contribution in [0.25, 0.3) is 0 Å². The third-order valence-electron chi connectivity index (χ3n) is 2.49. The summed E-state index contributed by atoms with van der Waals surface area (Å²) in [6, 6.07) is 0.234. The standard InChI is InChI=1S/C10H21NO/c1-6-9(11-8-3)10(4,7-2)12-5/h6,9,11H,1,7-8H2,2-5H3. The summed E-state index contributed by atoms with van der Waals surface area (Å²) >= 11 is 0. The fraction of sp³-hybridized carbons (Fsp3) is 0.800. The van der Waals surface area contributed by atoms with E-state index in [4.69, 9.17) is 4.74 Å². The fourth-order valence-corrected chi connectivity index (χ4v) is 1.26. The number of hydrogen-bond acceptors (Lipinski definition) is 2. The molecular weight excluding hydrogens is 150 g/mol. The van der Waals surface area contributed by atoms with E-state index in [0.29, 0.717) is 0 Å². The smallest absolute Gasteiger partial charge is 0.0835 e. The molecule has 0 rings (SSSR count). The average molecular weight is 171 g/mol. The third-order valence-corrected chi connectivity index (χ3v) is 2.49. The van der Waals surface area contributed by atoms with Crippen LogP contribution >= 0.6 is 0 Å². The SMILES string of the molecule is C=CC(NCC)C(C)(CC)OC. The van der Waals surface area contributed by atoms with Crippen LogP contribution in [0.3, 0.4) is 0 Å². The van der Waals surface area contributed by atoms with Gasteiger partial charge in [0.05, 0.1) is 11.6 Å². The number of ether oxygens (including phenoxy) is 1. The van der Waals surface area contributed by atoms with Gasteiger partial charge < -0.3 is 10.1 Å². The summed E-state index contributed by atoms with van der Waals surface area (Å²) in [5.41, 5.74) is -0.127. The third kappa shape index (κ3) is 2.61. The van der Waals surface area contributed by atoms with E-state index < -0.39 is 0 Å². The molecule has 2 atom stereocenters.